The zero-order chi connectivity index (χ0) is 9.07. The highest BCUT2D eigenvalue weighted by atomic mass is 32.2. The molecule has 0 aromatic carbocycles. The number of rotatable bonds is 9. The van der Waals surface area contributed by atoms with Crippen LogP contribution in [0.25, 0.3) is 0 Å². The molecule has 0 aromatic rings. The molecule has 0 aliphatic carbocycles. The standard InChI is InChI=1S/C9H22N2S/c1-2-12-9-5-8-11-7-4-3-6-10/h11H,2-10H2,1H3. The number of thioether (sulfide) groups is 1. The monoisotopic (exact) mass is 190 g/mol. The summed E-state index contributed by atoms with van der Waals surface area (Å²) in [6.07, 6.45) is 3.66. The van der Waals surface area contributed by atoms with Crippen molar-refractivity contribution in [3.63, 3.8) is 0 Å². The third kappa shape index (κ3) is 10.3. The molecule has 3 N–H and O–H groups in total. The largest absolute Gasteiger partial charge is 0.330 e. The fraction of sp³-hybridized carbons (Fsp3) is 1.00. The van der Waals surface area contributed by atoms with Crippen LogP contribution >= 0.6 is 11.8 Å². The van der Waals surface area contributed by atoms with Gasteiger partial charge in [-0.05, 0) is 50.4 Å². The average Bonchev–Trinajstić information content (AvgIpc) is 2.10. The maximum absolute atomic E-state index is 5.38. The molecule has 0 unspecified atom stereocenters. The summed E-state index contributed by atoms with van der Waals surface area (Å²) in [4.78, 5) is 0. The maximum atomic E-state index is 5.38. The summed E-state index contributed by atoms with van der Waals surface area (Å²) in [7, 11) is 0. The third-order valence-corrected chi connectivity index (χ3v) is 2.64. The predicted octanol–water partition coefficient (Wildman–Crippen LogP) is 1.46. The van der Waals surface area contributed by atoms with Crippen LogP contribution in [0.4, 0.5) is 0 Å². The molecule has 0 saturated heterocycles. The minimum absolute atomic E-state index is 0.827. The summed E-state index contributed by atoms with van der Waals surface area (Å²) < 4.78 is 0. The molecule has 0 heterocycles. The van der Waals surface area contributed by atoms with Crippen molar-refractivity contribution in [2.75, 3.05) is 31.1 Å². The quantitative estimate of drug-likeness (QED) is 0.541. The average molecular weight is 190 g/mol. The van der Waals surface area contributed by atoms with Crippen molar-refractivity contribution >= 4 is 11.8 Å². The van der Waals surface area contributed by atoms with E-state index in [9.17, 15) is 0 Å². The van der Waals surface area contributed by atoms with Gasteiger partial charge in [0.1, 0.15) is 0 Å². The Kier molecular flexibility index (Phi) is 11.5. The van der Waals surface area contributed by atoms with E-state index in [4.69, 9.17) is 5.73 Å². The highest BCUT2D eigenvalue weighted by Crippen LogP contribution is 1.99. The molecule has 3 heteroatoms. The van der Waals surface area contributed by atoms with Gasteiger partial charge >= 0.3 is 0 Å². The van der Waals surface area contributed by atoms with Crippen molar-refractivity contribution in [1.82, 2.24) is 5.32 Å². The predicted molar refractivity (Wildman–Crippen MR) is 58.8 cm³/mol. The van der Waals surface area contributed by atoms with Crippen molar-refractivity contribution in [3.05, 3.63) is 0 Å². The fourth-order valence-electron chi connectivity index (χ4n) is 0.963. The van der Waals surface area contributed by atoms with E-state index in [0.29, 0.717) is 0 Å². The summed E-state index contributed by atoms with van der Waals surface area (Å²) in [6, 6.07) is 0. The lowest BCUT2D eigenvalue weighted by Crippen LogP contribution is -2.18. The van der Waals surface area contributed by atoms with Crippen LogP contribution in [0.2, 0.25) is 0 Å². The lowest BCUT2D eigenvalue weighted by Gasteiger charge is -2.02. The van der Waals surface area contributed by atoms with Crippen LogP contribution in [0, 0.1) is 0 Å². The van der Waals surface area contributed by atoms with E-state index < -0.39 is 0 Å². The van der Waals surface area contributed by atoms with Gasteiger partial charge in [0.25, 0.3) is 0 Å². The highest BCUT2D eigenvalue weighted by Gasteiger charge is 1.88. The van der Waals surface area contributed by atoms with Gasteiger partial charge in [0, 0.05) is 0 Å². The van der Waals surface area contributed by atoms with E-state index >= 15 is 0 Å². The van der Waals surface area contributed by atoms with Gasteiger partial charge in [-0.2, -0.15) is 11.8 Å². The molecule has 0 saturated carbocycles. The fourth-order valence-corrected chi connectivity index (χ4v) is 1.60. The van der Waals surface area contributed by atoms with Gasteiger partial charge in [0.15, 0.2) is 0 Å². The molecule has 0 bridgehead atoms. The normalized spacial score (nSPS) is 10.5. The second kappa shape index (κ2) is 11.3. The topological polar surface area (TPSA) is 38.0 Å². The number of hydrogen-bond donors (Lipinski definition) is 2. The Labute approximate surface area is 80.7 Å². The minimum atomic E-state index is 0.827. The second-order valence-electron chi connectivity index (χ2n) is 2.80. The van der Waals surface area contributed by atoms with E-state index in [-0.39, 0.29) is 0 Å². The maximum Gasteiger partial charge on any atom is -0.00411 e. The zero-order valence-corrected chi connectivity index (χ0v) is 8.96. The van der Waals surface area contributed by atoms with Crippen LogP contribution in [0.3, 0.4) is 0 Å². The molecule has 0 radical (unpaired) electrons. The lowest BCUT2D eigenvalue weighted by atomic mass is 10.3. The summed E-state index contributed by atoms with van der Waals surface area (Å²) in [5.41, 5.74) is 5.38. The SMILES string of the molecule is CCSCCCNCCCCN. The molecule has 0 aromatic heterocycles. The zero-order valence-electron chi connectivity index (χ0n) is 8.14. The smallest absolute Gasteiger partial charge is 0.00411 e. The number of hydrogen-bond acceptors (Lipinski definition) is 3. The molecule has 12 heavy (non-hydrogen) atoms. The van der Waals surface area contributed by atoms with Crippen molar-refractivity contribution in [2.24, 2.45) is 5.73 Å². The van der Waals surface area contributed by atoms with Gasteiger partial charge in [-0.1, -0.05) is 6.92 Å². The number of unbranched alkanes of at least 4 members (excludes halogenated alkanes) is 1. The third-order valence-electron chi connectivity index (χ3n) is 1.65. The first-order valence-electron chi connectivity index (χ1n) is 4.90. The van der Waals surface area contributed by atoms with Crippen molar-refractivity contribution in [2.45, 2.75) is 26.2 Å². The van der Waals surface area contributed by atoms with E-state index in [1.165, 1.54) is 24.3 Å². The molecule has 0 spiro atoms. The minimum Gasteiger partial charge on any atom is -0.330 e. The Morgan fingerprint density at radius 3 is 2.58 bits per heavy atom. The van der Waals surface area contributed by atoms with Gasteiger partial charge in [-0.25, -0.2) is 0 Å². The Hall–Kier alpha value is 0.270. The molecule has 0 aliphatic rings. The summed E-state index contributed by atoms with van der Waals surface area (Å²) in [5, 5.41) is 3.41. The van der Waals surface area contributed by atoms with Crippen LogP contribution in [0.1, 0.15) is 26.2 Å². The lowest BCUT2D eigenvalue weighted by molar-refractivity contribution is 0.623. The Morgan fingerprint density at radius 1 is 1.17 bits per heavy atom. The molecule has 2 nitrogen and oxygen atoms in total. The number of nitrogens with two attached hydrogens (primary N) is 1. The Morgan fingerprint density at radius 2 is 1.92 bits per heavy atom. The van der Waals surface area contributed by atoms with Gasteiger partial charge in [0.2, 0.25) is 0 Å². The second-order valence-corrected chi connectivity index (χ2v) is 4.19. The summed E-state index contributed by atoms with van der Waals surface area (Å²) in [5.74, 6) is 2.54. The first-order chi connectivity index (χ1) is 5.91. The van der Waals surface area contributed by atoms with Crippen LogP contribution in [-0.4, -0.2) is 31.1 Å². The molecule has 0 aliphatic heterocycles. The Balaban J connectivity index is 2.73. The summed E-state index contributed by atoms with van der Waals surface area (Å²) >= 11 is 2.02. The first-order valence-corrected chi connectivity index (χ1v) is 6.05. The van der Waals surface area contributed by atoms with Crippen molar-refractivity contribution < 1.29 is 0 Å². The molecular weight excluding hydrogens is 168 g/mol. The van der Waals surface area contributed by atoms with Crippen LogP contribution < -0.4 is 11.1 Å². The van der Waals surface area contributed by atoms with E-state index in [1.54, 1.807) is 0 Å². The summed E-state index contributed by atoms with van der Waals surface area (Å²) in [6.45, 7) is 5.33. The first kappa shape index (κ1) is 12.3. The van der Waals surface area contributed by atoms with E-state index in [1.807, 2.05) is 11.8 Å². The van der Waals surface area contributed by atoms with Gasteiger partial charge in [0.05, 0.1) is 0 Å². The van der Waals surface area contributed by atoms with Crippen molar-refractivity contribution in [3.8, 4) is 0 Å². The van der Waals surface area contributed by atoms with Crippen molar-refractivity contribution in [1.29, 1.82) is 0 Å². The van der Waals surface area contributed by atoms with Gasteiger partial charge in [-0.3, -0.25) is 0 Å². The molecule has 0 fully saturated rings. The van der Waals surface area contributed by atoms with Crippen LogP contribution in [0.15, 0.2) is 0 Å². The number of nitrogens with one attached hydrogen (secondary N) is 1. The van der Waals surface area contributed by atoms with E-state index in [0.717, 1.165) is 26.1 Å². The van der Waals surface area contributed by atoms with Gasteiger partial charge < -0.3 is 11.1 Å². The molecular formula is C9H22N2S. The molecule has 0 amide bonds. The van der Waals surface area contributed by atoms with Crippen LogP contribution in [-0.2, 0) is 0 Å². The van der Waals surface area contributed by atoms with Gasteiger partial charge in [-0.15, -0.1) is 0 Å². The van der Waals surface area contributed by atoms with E-state index in [2.05, 4.69) is 12.2 Å². The Bertz CT molecular complexity index is 68.9. The van der Waals surface area contributed by atoms with Crippen LogP contribution in [0.5, 0.6) is 0 Å². The molecule has 0 rings (SSSR count). The molecule has 0 atom stereocenters. The highest BCUT2D eigenvalue weighted by molar-refractivity contribution is 7.99. The molecule has 74 valence electrons.